The zero-order valence-electron chi connectivity index (χ0n) is 9.71. The van der Waals surface area contributed by atoms with Crippen LogP contribution in [0.3, 0.4) is 0 Å². The minimum atomic E-state index is 0.146. The van der Waals surface area contributed by atoms with Crippen LogP contribution in [0.5, 0.6) is 11.5 Å². The number of benzene rings is 2. The van der Waals surface area contributed by atoms with Crippen LogP contribution in [0, 0.1) is 6.92 Å². The van der Waals surface area contributed by atoms with Gasteiger partial charge >= 0.3 is 0 Å². The van der Waals surface area contributed by atoms with E-state index in [2.05, 4.69) is 5.16 Å². The highest BCUT2D eigenvalue weighted by atomic mass is 16.5. The van der Waals surface area contributed by atoms with Crippen molar-refractivity contribution in [2.45, 2.75) is 6.92 Å². The van der Waals surface area contributed by atoms with E-state index in [1.54, 1.807) is 30.3 Å². The summed E-state index contributed by atoms with van der Waals surface area (Å²) >= 11 is 0. The number of phenolic OH excluding ortho intramolecular Hbond substituents is 2. The van der Waals surface area contributed by atoms with E-state index >= 15 is 0 Å². The highest BCUT2D eigenvalue weighted by Gasteiger charge is 2.13. The Morgan fingerprint density at radius 2 is 1.72 bits per heavy atom. The monoisotopic (exact) mass is 241 g/mol. The fourth-order valence-corrected chi connectivity index (χ4v) is 2.03. The Balaban J connectivity index is 2.25. The van der Waals surface area contributed by atoms with Crippen molar-refractivity contribution < 1.29 is 14.7 Å². The lowest BCUT2D eigenvalue weighted by Gasteiger charge is -2.02. The maximum absolute atomic E-state index is 9.41. The zero-order chi connectivity index (χ0) is 12.7. The molecule has 0 aliphatic rings. The molecule has 90 valence electrons. The highest BCUT2D eigenvalue weighted by Crippen LogP contribution is 2.32. The first-order valence-corrected chi connectivity index (χ1v) is 5.53. The van der Waals surface area contributed by atoms with Gasteiger partial charge in [0.1, 0.15) is 17.2 Å². The number of nitrogens with zero attached hydrogens (tertiary/aromatic N) is 1. The lowest BCUT2D eigenvalue weighted by atomic mass is 10.0. The molecule has 0 radical (unpaired) electrons. The molecule has 0 saturated heterocycles. The average molecular weight is 241 g/mol. The van der Waals surface area contributed by atoms with Gasteiger partial charge in [-0.25, -0.2) is 0 Å². The first-order chi connectivity index (χ1) is 8.65. The van der Waals surface area contributed by atoms with Crippen LogP contribution in [0.15, 0.2) is 40.9 Å². The van der Waals surface area contributed by atoms with E-state index < -0.39 is 0 Å². The Morgan fingerprint density at radius 1 is 1.00 bits per heavy atom. The second kappa shape index (κ2) is 3.77. The van der Waals surface area contributed by atoms with Gasteiger partial charge in [0.05, 0.1) is 0 Å². The highest BCUT2D eigenvalue weighted by molar-refractivity contribution is 5.93. The summed E-state index contributed by atoms with van der Waals surface area (Å²) in [7, 11) is 0. The molecule has 0 aliphatic heterocycles. The molecule has 18 heavy (non-hydrogen) atoms. The number of aromatic hydroxyl groups is 2. The minimum absolute atomic E-state index is 0.146. The largest absolute Gasteiger partial charge is 0.508 e. The van der Waals surface area contributed by atoms with Crippen molar-refractivity contribution >= 4 is 11.0 Å². The van der Waals surface area contributed by atoms with Crippen molar-refractivity contribution in [3.05, 3.63) is 42.0 Å². The molecule has 0 atom stereocenters. The number of phenols is 2. The quantitative estimate of drug-likeness (QED) is 0.686. The average Bonchev–Trinajstić information content (AvgIpc) is 2.72. The summed E-state index contributed by atoms with van der Waals surface area (Å²) in [5.74, 6) is 0.370. The maximum atomic E-state index is 9.41. The number of hydrogen-bond acceptors (Lipinski definition) is 4. The molecular formula is C14H11NO3. The third kappa shape index (κ3) is 1.59. The van der Waals surface area contributed by atoms with Crippen LogP contribution in [-0.4, -0.2) is 15.4 Å². The van der Waals surface area contributed by atoms with Gasteiger partial charge < -0.3 is 14.7 Å². The van der Waals surface area contributed by atoms with Gasteiger partial charge in [0.2, 0.25) is 0 Å². The molecule has 1 heterocycles. The van der Waals surface area contributed by atoms with Crippen molar-refractivity contribution in [1.82, 2.24) is 5.16 Å². The molecule has 4 heteroatoms. The van der Waals surface area contributed by atoms with E-state index in [1.165, 1.54) is 6.07 Å². The molecule has 0 amide bonds. The lowest BCUT2D eigenvalue weighted by Crippen LogP contribution is -1.83. The Hall–Kier alpha value is -2.49. The number of aryl methyl sites for hydroxylation is 1. The second-order valence-corrected chi connectivity index (χ2v) is 4.21. The van der Waals surface area contributed by atoms with Crippen LogP contribution in [0.2, 0.25) is 0 Å². The summed E-state index contributed by atoms with van der Waals surface area (Å²) in [6, 6.07) is 9.98. The summed E-state index contributed by atoms with van der Waals surface area (Å²) < 4.78 is 5.20. The Kier molecular flexibility index (Phi) is 2.23. The molecule has 2 N–H and O–H groups in total. The van der Waals surface area contributed by atoms with Crippen molar-refractivity contribution in [1.29, 1.82) is 0 Å². The fourth-order valence-electron chi connectivity index (χ4n) is 2.03. The number of aromatic nitrogens is 1. The molecule has 0 aliphatic carbocycles. The van der Waals surface area contributed by atoms with E-state index in [9.17, 15) is 10.2 Å². The van der Waals surface area contributed by atoms with Gasteiger partial charge in [0.25, 0.3) is 0 Å². The Morgan fingerprint density at radius 3 is 2.50 bits per heavy atom. The predicted octanol–water partition coefficient (Wildman–Crippen LogP) is 3.21. The molecule has 2 aromatic carbocycles. The molecule has 4 nitrogen and oxygen atoms in total. The normalized spacial score (nSPS) is 10.9. The van der Waals surface area contributed by atoms with Crippen molar-refractivity contribution in [3.8, 4) is 22.8 Å². The number of rotatable bonds is 1. The SMILES string of the molecule is Cc1cc(O)ccc1-c1noc2cc(O)ccc12. The summed E-state index contributed by atoms with van der Waals surface area (Å²) in [5, 5.41) is 23.7. The summed E-state index contributed by atoms with van der Waals surface area (Å²) in [4.78, 5) is 0. The van der Waals surface area contributed by atoms with E-state index in [-0.39, 0.29) is 11.5 Å². The third-order valence-corrected chi connectivity index (χ3v) is 2.92. The van der Waals surface area contributed by atoms with Gasteiger partial charge in [-0.1, -0.05) is 5.16 Å². The summed E-state index contributed by atoms with van der Waals surface area (Å²) in [6.45, 7) is 1.90. The van der Waals surface area contributed by atoms with Crippen LogP contribution in [0.1, 0.15) is 5.56 Å². The predicted molar refractivity (Wildman–Crippen MR) is 67.5 cm³/mol. The molecular weight excluding hydrogens is 230 g/mol. The lowest BCUT2D eigenvalue weighted by molar-refractivity contribution is 0.451. The van der Waals surface area contributed by atoms with Crippen LogP contribution in [-0.2, 0) is 0 Å². The van der Waals surface area contributed by atoms with E-state index in [1.807, 2.05) is 6.92 Å². The Labute approximate surface area is 103 Å². The summed E-state index contributed by atoms with van der Waals surface area (Å²) in [6.07, 6.45) is 0. The van der Waals surface area contributed by atoms with Gasteiger partial charge in [0, 0.05) is 17.0 Å². The smallest absolute Gasteiger partial charge is 0.171 e. The molecule has 0 spiro atoms. The van der Waals surface area contributed by atoms with Crippen LogP contribution in [0.4, 0.5) is 0 Å². The molecule has 0 saturated carbocycles. The molecule has 3 rings (SSSR count). The first kappa shape index (κ1) is 10.7. The standard InChI is InChI=1S/C14H11NO3/c1-8-6-9(16)2-4-11(8)14-12-5-3-10(17)7-13(12)18-15-14/h2-7,16-17H,1H3. The molecule has 1 aromatic heterocycles. The van der Waals surface area contributed by atoms with E-state index in [4.69, 9.17) is 4.52 Å². The van der Waals surface area contributed by atoms with Gasteiger partial charge in [-0.05, 0) is 42.8 Å². The second-order valence-electron chi connectivity index (χ2n) is 4.21. The minimum Gasteiger partial charge on any atom is -0.508 e. The topological polar surface area (TPSA) is 66.5 Å². The van der Waals surface area contributed by atoms with Crippen molar-refractivity contribution in [3.63, 3.8) is 0 Å². The van der Waals surface area contributed by atoms with Crippen LogP contribution in [0.25, 0.3) is 22.2 Å². The van der Waals surface area contributed by atoms with Crippen molar-refractivity contribution in [2.24, 2.45) is 0 Å². The molecule has 0 bridgehead atoms. The zero-order valence-corrected chi connectivity index (χ0v) is 9.71. The fraction of sp³-hybridized carbons (Fsp3) is 0.0714. The number of hydrogen-bond donors (Lipinski definition) is 2. The number of fused-ring (bicyclic) bond motifs is 1. The van der Waals surface area contributed by atoms with E-state index in [0.717, 1.165) is 16.5 Å². The van der Waals surface area contributed by atoms with Crippen molar-refractivity contribution in [2.75, 3.05) is 0 Å². The summed E-state index contributed by atoms with van der Waals surface area (Å²) in [5.41, 5.74) is 3.07. The van der Waals surface area contributed by atoms with Gasteiger partial charge in [-0.15, -0.1) is 0 Å². The first-order valence-electron chi connectivity index (χ1n) is 5.53. The molecule has 3 aromatic rings. The van der Waals surface area contributed by atoms with Crippen LogP contribution >= 0.6 is 0 Å². The maximum Gasteiger partial charge on any atom is 0.171 e. The van der Waals surface area contributed by atoms with Gasteiger partial charge in [-0.2, -0.15) is 0 Å². The van der Waals surface area contributed by atoms with E-state index in [0.29, 0.717) is 11.3 Å². The van der Waals surface area contributed by atoms with Gasteiger partial charge in [-0.3, -0.25) is 0 Å². The Bertz CT molecular complexity index is 731. The molecule has 0 unspecified atom stereocenters. The van der Waals surface area contributed by atoms with Crippen LogP contribution < -0.4 is 0 Å². The molecule has 0 fully saturated rings. The third-order valence-electron chi connectivity index (χ3n) is 2.92. The van der Waals surface area contributed by atoms with Gasteiger partial charge in [0.15, 0.2) is 5.58 Å².